The normalized spacial score (nSPS) is 13.1. The van der Waals surface area contributed by atoms with E-state index in [4.69, 9.17) is 19.4 Å². The number of para-hydroxylation sites is 1. The van der Waals surface area contributed by atoms with Gasteiger partial charge in [0.2, 0.25) is 0 Å². The first-order valence-electron chi connectivity index (χ1n) is 18.4. The van der Waals surface area contributed by atoms with Gasteiger partial charge in [0.05, 0.1) is 0 Å². The van der Waals surface area contributed by atoms with Crippen LogP contribution in [0.25, 0.3) is 99.9 Å². The number of rotatable bonds is 4. The van der Waals surface area contributed by atoms with Gasteiger partial charge in [0.1, 0.15) is 11.2 Å². The topological polar surface area (TPSA) is 51.8 Å². The highest BCUT2D eigenvalue weighted by atomic mass is 16.3. The van der Waals surface area contributed by atoms with Gasteiger partial charge in [-0.1, -0.05) is 166 Å². The van der Waals surface area contributed by atoms with Crippen molar-refractivity contribution in [1.82, 2.24) is 15.0 Å². The van der Waals surface area contributed by atoms with Crippen molar-refractivity contribution in [1.29, 1.82) is 0 Å². The van der Waals surface area contributed by atoms with E-state index in [-0.39, 0.29) is 5.41 Å². The second-order valence-corrected chi connectivity index (χ2v) is 14.8. The summed E-state index contributed by atoms with van der Waals surface area (Å²) in [5.74, 6) is 1.88. The Labute approximate surface area is 312 Å². The minimum Gasteiger partial charge on any atom is -0.455 e. The van der Waals surface area contributed by atoms with Crippen molar-refractivity contribution in [2.24, 2.45) is 0 Å². The van der Waals surface area contributed by atoms with Gasteiger partial charge in [0, 0.05) is 38.4 Å². The van der Waals surface area contributed by atoms with Crippen LogP contribution in [0.2, 0.25) is 0 Å². The molecule has 0 unspecified atom stereocenters. The monoisotopic (exact) mass is 691 g/mol. The maximum atomic E-state index is 6.92. The zero-order valence-electron chi connectivity index (χ0n) is 29.8. The van der Waals surface area contributed by atoms with Gasteiger partial charge >= 0.3 is 0 Å². The SMILES string of the molecule is CC1(C)c2ccccc2-c2ccc(-c3nc(-c4ccccc4)nc(-c4cc5oc6c(-c7cccc8ccccc78)cccc6c5c5ccccc45)n3)cc21. The maximum Gasteiger partial charge on any atom is 0.164 e. The molecule has 4 nitrogen and oxygen atoms in total. The molecule has 0 fully saturated rings. The van der Waals surface area contributed by atoms with E-state index >= 15 is 0 Å². The molecule has 4 heteroatoms. The van der Waals surface area contributed by atoms with E-state index in [1.807, 2.05) is 18.2 Å². The molecule has 0 spiro atoms. The Kier molecular flexibility index (Phi) is 6.56. The van der Waals surface area contributed by atoms with Crippen LogP contribution in [0.1, 0.15) is 25.0 Å². The summed E-state index contributed by atoms with van der Waals surface area (Å²) in [4.78, 5) is 15.6. The molecular weight excluding hydrogens is 659 g/mol. The Morgan fingerprint density at radius 1 is 0.407 bits per heavy atom. The van der Waals surface area contributed by atoms with E-state index < -0.39 is 0 Å². The van der Waals surface area contributed by atoms with Crippen LogP contribution in [0.15, 0.2) is 168 Å². The summed E-state index contributed by atoms with van der Waals surface area (Å²) < 4.78 is 6.92. The molecule has 1 aliphatic carbocycles. The fourth-order valence-corrected chi connectivity index (χ4v) is 8.70. The number of fused-ring (bicyclic) bond motifs is 9. The van der Waals surface area contributed by atoms with Gasteiger partial charge < -0.3 is 4.42 Å². The van der Waals surface area contributed by atoms with Gasteiger partial charge in [0.25, 0.3) is 0 Å². The molecule has 0 saturated carbocycles. The van der Waals surface area contributed by atoms with Crippen LogP contribution in [0.4, 0.5) is 0 Å². The molecule has 254 valence electrons. The highest BCUT2D eigenvalue weighted by Gasteiger charge is 2.35. The molecule has 8 aromatic carbocycles. The van der Waals surface area contributed by atoms with E-state index in [0.29, 0.717) is 17.5 Å². The molecule has 1 aliphatic rings. The van der Waals surface area contributed by atoms with Crippen LogP contribution in [0.3, 0.4) is 0 Å². The average Bonchev–Trinajstić information content (AvgIpc) is 3.72. The van der Waals surface area contributed by atoms with Crippen molar-refractivity contribution in [3.05, 3.63) is 175 Å². The van der Waals surface area contributed by atoms with Crippen LogP contribution in [-0.2, 0) is 5.41 Å². The molecular formula is C50H33N3O. The van der Waals surface area contributed by atoms with Crippen LogP contribution >= 0.6 is 0 Å². The van der Waals surface area contributed by atoms with E-state index in [9.17, 15) is 0 Å². The molecule has 10 aromatic rings. The first-order chi connectivity index (χ1) is 26.5. The second kappa shape index (κ2) is 11.5. The summed E-state index contributed by atoms with van der Waals surface area (Å²) in [6.45, 7) is 4.60. The van der Waals surface area contributed by atoms with Gasteiger partial charge in [0.15, 0.2) is 17.5 Å². The van der Waals surface area contributed by atoms with Crippen molar-refractivity contribution in [3.8, 4) is 56.4 Å². The standard InChI is InChI=1S/C50H33N3O/c1-50(2)42-25-11-10-20-36(42)37-27-26-32(28-43(37)50)48-51-47(31-15-4-3-5-16-31)52-49(53-48)41-29-44-45(38-21-9-8-19-35(38)41)40-24-13-23-39(46(40)54-44)34-22-12-17-30-14-6-7-18-33(30)34/h3-29H,1-2H3. The van der Waals surface area contributed by atoms with E-state index in [1.165, 1.54) is 33.0 Å². The molecule has 11 rings (SSSR count). The van der Waals surface area contributed by atoms with Crippen molar-refractivity contribution >= 4 is 43.5 Å². The predicted octanol–water partition coefficient (Wildman–Crippen LogP) is 13.1. The largest absolute Gasteiger partial charge is 0.455 e. The third kappa shape index (κ3) is 4.53. The van der Waals surface area contributed by atoms with Crippen LogP contribution in [-0.4, -0.2) is 15.0 Å². The molecule has 0 bridgehead atoms. The third-order valence-electron chi connectivity index (χ3n) is 11.3. The van der Waals surface area contributed by atoms with Crippen molar-refractivity contribution in [2.45, 2.75) is 19.3 Å². The Balaban J connectivity index is 1.15. The Bertz CT molecular complexity index is 3130. The summed E-state index contributed by atoms with van der Waals surface area (Å²) in [5.41, 5.74) is 11.7. The maximum absolute atomic E-state index is 6.92. The fourth-order valence-electron chi connectivity index (χ4n) is 8.70. The second-order valence-electron chi connectivity index (χ2n) is 14.8. The fraction of sp³-hybridized carbons (Fsp3) is 0.0600. The Morgan fingerprint density at radius 3 is 1.89 bits per heavy atom. The molecule has 0 radical (unpaired) electrons. The van der Waals surface area contributed by atoms with Crippen LogP contribution in [0.5, 0.6) is 0 Å². The van der Waals surface area contributed by atoms with Crippen LogP contribution < -0.4 is 0 Å². The Morgan fingerprint density at radius 2 is 1.02 bits per heavy atom. The molecule has 0 atom stereocenters. The van der Waals surface area contributed by atoms with Crippen molar-refractivity contribution in [3.63, 3.8) is 0 Å². The zero-order chi connectivity index (χ0) is 36.0. The lowest BCUT2D eigenvalue weighted by atomic mass is 9.82. The number of aromatic nitrogens is 3. The quantitative estimate of drug-likeness (QED) is 0.184. The molecule has 2 heterocycles. The summed E-state index contributed by atoms with van der Waals surface area (Å²) >= 11 is 0. The Hall–Kier alpha value is -6.91. The van der Waals surface area contributed by atoms with Gasteiger partial charge in [-0.15, -0.1) is 0 Å². The highest BCUT2D eigenvalue weighted by Crippen LogP contribution is 2.50. The zero-order valence-corrected chi connectivity index (χ0v) is 29.8. The first-order valence-corrected chi connectivity index (χ1v) is 18.4. The lowest BCUT2D eigenvalue weighted by Crippen LogP contribution is -2.15. The minimum atomic E-state index is -0.145. The summed E-state index contributed by atoms with van der Waals surface area (Å²) in [6, 6.07) is 57.7. The number of furan rings is 1. The van der Waals surface area contributed by atoms with Gasteiger partial charge in [-0.3, -0.25) is 0 Å². The van der Waals surface area contributed by atoms with Crippen molar-refractivity contribution in [2.75, 3.05) is 0 Å². The number of nitrogens with zero attached hydrogens (tertiary/aromatic N) is 3. The number of hydrogen-bond donors (Lipinski definition) is 0. The third-order valence-corrected chi connectivity index (χ3v) is 11.3. The first kappa shape index (κ1) is 30.7. The highest BCUT2D eigenvalue weighted by molar-refractivity contribution is 6.23. The molecule has 0 saturated heterocycles. The smallest absolute Gasteiger partial charge is 0.164 e. The average molecular weight is 692 g/mol. The summed E-state index contributed by atoms with van der Waals surface area (Å²) in [7, 11) is 0. The minimum absolute atomic E-state index is 0.145. The number of benzene rings is 8. The number of hydrogen-bond acceptors (Lipinski definition) is 4. The van der Waals surface area contributed by atoms with E-state index in [1.54, 1.807) is 0 Å². The molecule has 0 aliphatic heterocycles. The molecule has 54 heavy (non-hydrogen) atoms. The van der Waals surface area contributed by atoms with Gasteiger partial charge in [-0.2, -0.15) is 0 Å². The molecule has 2 aromatic heterocycles. The summed E-state index contributed by atoms with van der Waals surface area (Å²) in [6.07, 6.45) is 0. The lowest BCUT2D eigenvalue weighted by molar-refractivity contribution is 0.660. The van der Waals surface area contributed by atoms with E-state index in [0.717, 1.165) is 60.5 Å². The van der Waals surface area contributed by atoms with E-state index in [2.05, 4.69) is 159 Å². The lowest BCUT2D eigenvalue weighted by Gasteiger charge is -2.21. The van der Waals surface area contributed by atoms with Crippen molar-refractivity contribution < 1.29 is 4.42 Å². The summed E-state index contributed by atoms with van der Waals surface area (Å²) in [5, 5.41) is 6.73. The van der Waals surface area contributed by atoms with Crippen LogP contribution in [0, 0.1) is 0 Å². The molecule has 0 N–H and O–H groups in total. The van der Waals surface area contributed by atoms with Gasteiger partial charge in [-0.05, 0) is 61.5 Å². The predicted molar refractivity (Wildman–Crippen MR) is 221 cm³/mol. The molecule has 0 amide bonds. The van der Waals surface area contributed by atoms with Gasteiger partial charge in [-0.25, -0.2) is 15.0 Å².